The Balaban J connectivity index is 1.42. The summed E-state index contributed by atoms with van der Waals surface area (Å²) in [4.78, 5) is 0. The Morgan fingerprint density at radius 3 is 1.85 bits per heavy atom. The Kier molecular flexibility index (Phi) is 4.80. The van der Waals surface area contributed by atoms with Crippen molar-refractivity contribution in [3.8, 4) is 11.1 Å². The summed E-state index contributed by atoms with van der Waals surface area (Å²) in [6.45, 7) is 0. The van der Waals surface area contributed by atoms with Gasteiger partial charge in [-0.3, -0.25) is 0 Å². The van der Waals surface area contributed by atoms with Gasteiger partial charge in [0.1, 0.15) is 11.2 Å². The van der Waals surface area contributed by atoms with E-state index in [0.717, 1.165) is 24.0 Å². The average molecular weight is 523 g/mol. The van der Waals surface area contributed by atoms with Gasteiger partial charge in [0, 0.05) is 10.8 Å². The third-order valence-corrected chi connectivity index (χ3v) is 8.96. The molecule has 0 atom stereocenters. The van der Waals surface area contributed by atoms with E-state index in [-0.39, 0.29) is 0 Å². The molecule has 41 heavy (non-hydrogen) atoms. The van der Waals surface area contributed by atoms with Crippen molar-refractivity contribution in [1.82, 2.24) is 0 Å². The standard InChI is InChI=1S/C40H26O/c1-3-13-27-25(9-1)11-5-15-29(27)31-21-23-37-39-33(31)17-7-19-35(39)36-20-8-18-34-32(22-24-38(41-37)40(34)36)30-16-6-12-26-10-2-4-14-28(26)30/h1-5,7-15,17-24H,6,16H2. The Bertz CT molecular complexity index is 2470. The largest absolute Gasteiger partial charge is 0.456 e. The van der Waals surface area contributed by atoms with Crippen molar-refractivity contribution in [2.75, 3.05) is 0 Å². The van der Waals surface area contributed by atoms with E-state index in [1.54, 1.807) is 0 Å². The van der Waals surface area contributed by atoms with Crippen LogP contribution in [0.3, 0.4) is 0 Å². The molecule has 7 aromatic carbocycles. The molecule has 0 radical (unpaired) electrons. The van der Waals surface area contributed by atoms with Crippen molar-refractivity contribution in [1.29, 1.82) is 0 Å². The van der Waals surface area contributed by atoms with Gasteiger partial charge in [0.2, 0.25) is 0 Å². The molecule has 0 bridgehead atoms. The smallest absolute Gasteiger partial charge is 0.135 e. The number of benzene rings is 7. The molecule has 0 aliphatic heterocycles. The first-order valence-electron chi connectivity index (χ1n) is 14.4. The van der Waals surface area contributed by atoms with Gasteiger partial charge in [-0.1, -0.05) is 121 Å². The summed E-state index contributed by atoms with van der Waals surface area (Å²) >= 11 is 0. The third-order valence-electron chi connectivity index (χ3n) is 8.96. The lowest BCUT2D eigenvalue weighted by atomic mass is 9.88. The molecule has 0 amide bonds. The summed E-state index contributed by atoms with van der Waals surface area (Å²) in [5.74, 6) is 0. The van der Waals surface area contributed by atoms with E-state index in [4.69, 9.17) is 4.42 Å². The summed E-state index contributed by atoms with van der Waals surface area (Å²) in [6, 6.07) is 46.3. The molecule has 1 heterocycles. The second-order valence-corrected chi connectivity index (χ2v) is 11.1. The fraction of sp³-hybridized carbons (Fsp3) is 0.0500. The number of hydrogen-bond donors (Lipinski definition) is 0. The van der Waals surface area contributed by atoms with Gasteiger partial charge < -0.3 is 4.42 Å². The number of rotatable bonds is 2. The van der Waals surface area contributed by atoms with Gasteiger partial charge in [0.25, 0.3) is 0 Å². The minimum atomic E-state index is 0.912. The number of fused-ring (bicyclic) bond motifs is 3. The highest BCUT2D eigenvalue weighted by Gasteiger charge is 2.18. The quantitative estimate of drug-likeness (QED) is 0.220. The Labute approximate surface area is 237 Å². The summed E-state index contributed by atoms with van der Waals surface area (Å²) < 4.78 is 6.82. The van der Waals surface area contributed by atoms with Crippen LogP contribution in [0.25, 0.3) is 77.0 Å². The van der Waals surface area contributed by atoms with Gasteiger partial charge in [-0.2, -0.15) is 0 Å². The molecule has 192 valence electrons. The second kappa shape index (κ2) is 8.68. The van der Waals surface area contributed by atoms with Gasteiger partial charge in [0.15, 0.2) is 0 Å². The summed E-state index contributed by atoms with van der Waals surface area (Å²) in [6.07, 6.45) is 4.47. The van der Waals surface area contributed by atoms with Gasteiger partial charge >= 0.3 is 0 Å². The molecule has 8 aromatic rings. The Morgan fingerprint density at radius 1 is 0.439 bits per heavy atom. The normalized spacial score (nSPS) is 13.3. The molecule has 1 aromatic heterocycles. The molecule has 0 fully saturated rings. The first-order valence-corrected chi connectivity index (χ1v) is 14.4. The zero-order valence-corrected chi connectivity index (χ0v) is 22.5. The van der Waals surface area contributed by atoms with E-state index >= 15 is 0 Å². The van der Waals surface area contributed by atoms with Gasteiger partial charge in [-0.15, -0.1) is 0 Å². The minimum absolute atomic E-state index is 0.912. The third kappa shape index (κ3) is 3.30. The Hall–Kier alpha value is -5.14. The molecule has 0 saturated heterocycles. The highest BCUT2D eigenvalue weighted by molar-refractivity contribution is 6.26. The fourth-order valence-electron chi connectivity index (χ4n) is 7.18. The van der Waals surface area contributed by atoms with Crippen LogP contribution in [0.1, 0.15) is 18.4 Å². The van der Waals surface area contributed by atoms with E-state index in [9.17, 15) is 0 Å². The minimum Gasteiger partial charge on any atom is -0.456 e. The van der Waals surface area contributed by atoms with Crippen LogP contribution in [0.15, 0.2) is 132 Å². The first-order chi connectivity index (χ1) is 20.3. The van der Waals surface area contributed by atoms with E-state index < -0.39 is 0 Å². The van der Waals surface area contributed by atoms with Crippen molar-refractivity contribution >= 4 is 65.9 Å². The van der Waals surface area contributed by atoms with Crippen molar-refractivity contribution in [2.45, 2.75) is 12.8 Å². The zero-order valence-electron chi connectivity index (χ0n) is 22.5. The van der Waals surface area contributed by atoms with Crippen LogP contribution in [-0.4, -0.2) is 0 Å². The summed E-state index contributed by atoms with van der Waals surface area (Å²) in [5, 5.41) is 12.5. The molecule has 1 nitrogen and oxygen atoms in total. The van der Waals surface area contributed by atoms with E-state index in [0.29, 0.717) is 0 Å². The maximum atomic E-state index is 6.82. The van der Waals surface area contributed by atoms with E-state index in [1.807, 2.05) is 0 Å². The second-order valence-electron chi connectivity index (χ2n) is 11.1. The van der Waals surface area contributed by atoms with Crippen LogP contribution >= 0.6 is 0 Å². The molecule has 0 unspecified atom stereocenters. The van der Waals surface area contributed by atoms with Gasteiger partial charge in [0.05, 0.1) is 0 Å². The lowest BCUT2D eigenvalue weighted by Crippen LogP contribution is -2.29. The molecule has 0 saturated carbocycles. The lowest BCUT2D eigenvalue weighted by Gasteiger charge is -2.15. The zero-order chi connectivity index (χ0) is 26.9. The van der Waals surface area contributed by atoms with Crippen molar-refractivity contribution < 1.29 is 4.42 Å². The van der Waals surface area contributed by atoms with Crippen LogP contribution < -0.4 is 10.4 Å². The van der Waals surface area contributed by atoms with Crippen LogP contribution in [0, 0.1) is 0 Å². The Morgan fingerprint density at radius 2 is 1.02 bits per heavy atom. The maximum Gasteiger partial charge on any atom is 0.135 e. The molecule has 9 rings (SSSR count). The fourth-order valence-corrected chi connectivity index (χ4v) is 7.18. The maximum absolute atomic E-state index is 6.82. The van der Waals surface area contributed by atoms with Crippen LogP contribution in [0.4, 0.5) is 0 Å². The molecular weight excluding hydrogens is 496 g/mol. The van der Waals surface area contributed by atoms with Gasteiger partial charge in [-0.05, 0) is 90.0 Å². The lowest BCUT2D eigenvalue weighted by molar-refractivity contribution is 0.664. The first kappa shape index (κ1) is 22.7. The molecule has 0 spiro atoms. The molecule has 0 N–H and O–H groups in total. The van der Waals surface area contributed by atoms with E-state index in [1.165, 1.54) is 75.8 Å². The van der Waals surface area contributed by atoms with Crippen molar-refractivity contribution in [3.05, 3.63) is 143 Å². The topological polar surface area (TPSA) is 13.1 Å². The molecule has 1 aliphatic rings. The summed E-state index contributed by atoms with van der Waals surface area (Å²) in [5.41, 5.74) is 7.05. The van der Waals surface area contributed by atoms with Crippen molar-refractivity contribution in [2.24, 2.45) is 0 Å². The van der Waals surface area contributed by atoms with Crippen LogP contribution in [-0.2, 0) is 0 Å². The van der Waals surface area contributed by atoms with Gasteiger partial charge in [-0.25, -0.2) is 0 Å². The predicted molar refractivity (Wildman–Crippen MR) is 174 cm³/mol. The van der Waals surface area contributed by atoms with E-state index in [2.05, 4.69) is 133 Å². The predicted octanol–water partition coefficient (Wildman–Crippen LogP) is 9.49. The highest BCUT2D eigenvalue weighted by atomic mass is 16.3. The average Bonchev–Trinajstić information content (AvgIpc) is 3.18. The molecular formula is C40H26O. The highest BCUT2D eigenvalue weighted by Crippen LogP contribution is 2.42. The monoisotopic (exact) mass is 522 g/mol. The molecule has 1 aliphatic carbocycles. The SMILES string of the molecule is C1=c2ccccc2=C(c2ccc3oc4ccc(-c5cccc6ccccc56)c5cccc(c6cccc2c36)c45)CC1. The number of hydrogen-bond acceptors (Lipinski definition) is 1. The van der Waals surface area contributed by atoms with Crippen LogP contribution in [0.5, 0.6) is 0 Å². The summed E-state index contributed by atoms with van der Waals surface area (Å²) in [7, 11) is 0. The molecule has 1 heteroatoms. The van der Waals surface area contributed by atoms with Crippen LogP contribution in [0.2, 0.25) is 0 Å². The van der Waals surface area contributed by atoms with Crippen molar-refractivity contribution in [3.63, 3.8) is 0 Å².